The molecule has 0 heterocycles. The van der Waals surface area contributed by atoms with Crippen LogP contribution in [0.5, 0.6) is 0 Å². The molecule has 0 fully saturated rings. The number of hydrogen-bond donors (Lipinski definition) is 0. The smallest absolute Gasteiger partial charge is 0.518 e. The number of unbranched alkanes of at least 4 members (excludes halogenated alkanes) is 4. The Hall–Kier alpha value is 0.514. The van der Waals surface area contributed by atoms with E-state index >= 15 is 0 Å². The monoisotopic (exact) mass is 248 g/mol. The maximum absolute atomic E-state index is 6.11. The van der Waals surface area contributed by atoms with Crippen LogP contribution in [0.15, 0.2) is 6.08 Å². The molecule has 0 aromatic rings. The molecule has 0 unspecified atom stereocenters. The molecule has 0 aromatic carbocycles. The quantitative estimate of drug-likeness (QED) is 0.362. The summed E-state index contributed by atoms with van der Waals surface area (Å²) in [5.41, 5.74) is 0. The predicted octanol–water partition coefficient (Wildman–Crippen LogP) is 1.95. The Morgan fingerprint density at radius 1 is 1.06 bits per heavy atom. The van der Waals surface area contributed by atoms with Crippen LogP contribution < -0.4 is 18.9 Å². The number of rotatable bonds is 8. The van der Waals surface area contributed by atoms with Crippen LogP contribution in [0.25, 0.3) is 0 Å². The van der Waals surface area contributed by atoms with Crippen LogP contribution in [-0.2, 0) is 4.43 Å². The Morgan fingerprint density at radius 2 is 1.59 bits per heavy atom. The van der Waals surface area contributed by atoms with Gasteiger partial charge in [-0.3, -0.25) is 6.08 Å². The van der Waals surface area contributed by atoms with E-state index in [0.717, 1.165) is 13.0 Å². The zero-order valence-corrected chi connectivity index (χ0v) is 13.8. The van der Waals surface area contributed by atoms with Crippen molar-refractivity contribution in [1.29, 1.82) is 0 Å². The van der Waals surface area contributed by atoms with E-state index in [-0.39, 0.29) is 18.9 Å². The largest absolute Gasteiger partial charge is 1.00 e. The second-order valence-corrected chi connectivity index (χ2v) is 10.9. The molecular weight excluding hydrogens is 219 g/mol. The topological polar surface area (TPSA) is 9.23 Å². The molecular formula is C14H29LiOSi. The maximum Gasteiger partial charge on any atom is 1.00 e. The SMILES string of the molecule is [CH-]=CCCCCCCO[Si](C)(C)C(C)(C)C.[Li+]. The summed E-state index contributed by atoms with van der Waals surface area (Å²) in [6.45, 7) is 17.8. The van der Waals surface area contributed by atoms with Crippen molar-refractivity contribution in [1.82, 2.24) is 0 Å². The van der Waals surface area contributed by atoms with Gasteiger partial charge in [0, 0.05) is 6.61 Å². The van der Waals surface area contributed by atoms with Crippen molar-refractivity contribution in [2.24, 2.45) is 0 Å². The van der Waals surface area contributed by atoms with Crippen LogP contribution in [0, 0.1) is 6.58 Å². The molecule has 0 N–H and O–H groups in total. The molecule has 0 spiro atoms. The summed E-state index contributed by atoms with van der Waals surface area (Å²) in [5.74, 6) is 0. The van der Waals surface area contributed by atoms with E-state index in [2.05, 4.69) is 33.9 Å². The van der Waals surface area contributed by atoms with Gasteiger partial charge in [0.15, 0.2) is 8.32 Å². The van der Waals surface area contributed by atoms with E-state index in [1.165, 1.54) is 25.7 Å². The fourth-order valence-corrected chi connectivity index (χ4v) is 2.35. The molecule has 0 amide bonds. The van der Waals surface area contributed by atoms with Crippen LogP contribution in [0.3, 0.4) is 0 Å². The average molecular weight is 248 g/mol. The second kappa shape index (κ2) is 9.45. The summed E-state index contributed by atoms with van der Waals surface area (Å²) >= 11 is 0. The van der Waals surface area contributed by atoms with Gasteiger partial charge in [-0.15, -0.1) is 0 Å². The van der Waals surface area contributed by atoms with Crippen LogP contribution in [0.2, 0.25) is 18.1 Å². The third-order valence-electron chi connectivity index (χ3n) is 3.53. The first kappa shape index (κ1) is 19.8. The Kier molecular flexibility index (Phi) is 11.0. The standard InChI is InChI=1S/C14H29OSi.Li/c1-7-8-9-10-11-12-13-15-16(5,6)14(2,3)4;/h1,7H,8-13H2,2-6H3;/q-1;+1. The zero-order chi connectivity index (χ0) is 12.7. The molecule has 0 saturated carbocycles. The molecule has 0 rings (SSSR count). The van der Waals surface area contributed by atoms with Gasteiger partial charge in [-0.25, -0.2) is 0 Å². The van der Waals surface area contributed by atoms with Gasteiger partial charge in [0.1, 0.15) is 0 Å². The summed E-state index contributed by atoms with van der Waals surface area (Å²) in [4.78, 5) is 0. The maximum atomic E-state index is 6.11. The van der Waals surface area contributed by atoms with Gasteiger partial charge in [-0.05, 0) is 24.6 Å². The fourth-order valence-electron chi connectivity index (χ4n) is 1.26. The molecule has 1 nitrogen and oxygen atoms in total. The van der Waals surface area contributed by atoms with Crippen molar-refractivity contribution < 1.29 is 23.3 Å². The van der Waals surface area contributed by atoms with E-state index in [1.807, 2.05) is 0 Å². The van der Waals surface area contributed by atoms with E-state index in [1.54, 1.807) is 6.08 Å². The number of allylic oxidation sites excluding steroid dienone is 1. The van der Waals surface area contributed by atoms with Crippen LogP contribution in [0.4, 0.5) is 0 Å². The molecule has 96 valence electrons. The van der Waals surface area contributed by atoms with Gasteiger partial charge in [0.2, 0.25) is 0 Å². The van der Waals surface area contributed by atoms with E-state index < -0.39 is 8.32 Å². The second-order valence-electron chi connectivity index (χ2n) is 6.05. The van der Waals surface area contributed by atoms with Gasteiger partial charge in [0.25, 0.3) is 0 Å². The summed E-state index contributed by atoms with van der Waals surface area (Å²) in [5, 5.41) is 0.335. The summed E-state index contributed by atoms with van der Waals surface area (Å²) < 4.78 is 6.11. The first-order valence-corrected chi connectivity index (χ1v) is 9.39. The molecule has 17 heavy (non-hydrogen) atoms. The third kappa shape index (κ3) is 9.14. The van der Waals surface area contributed by atoms with Gasteiger partial charge in [-0.1, -0.05) is 46.5 Å². The molecule has 0 atom stereocenters. The van der Waals surface area contributed by atoms with Crippen LogP contribution in [0.1, 0.15) is 52.9 Å². The molecule has 3 heteroatoms. The Labute approximate surface area is 122 Å². The average Bonchev–Trinajstić information content (AvgIpc) is 2.14. The van der Waals surface area contributed by atoms with Crippen LogP contribution >= 0.6 is 0 Å². The molecule has 0 aliphatic heterocycles. The minimum atomic E-state index is -1.51. The first-order valence-electron chi connectivity index (χ1n) is 6.48. The normalized spacial score (nSPS) is 12.1. The predicted molar refractivity (Wildman–Crippen MR) is 75.1 cm³/mol. The van der Waals surface area contributed by atoms with Crippen molar-refractivity contribution in [3.05, 3.63) is 12.7 Å². The van der Waals surface area contributed by atoms with E-state index in [9.17, 15) is 0 Å². The number of hydrogen-bond acceptors (Lipinski definition) is 1. The van der Waals surface area contributed by atoms with E-state index in [0.29, 0.717) is 5.04 Å². The Bertz CT molecular complexity index is 197. The summed E-state index contributed by atoms with van der Waals surface area (Å²) in [7, 11) is -1.51. The van der Waals surface area contributed by atoms with E-state index in [4.69, 9.17) is 11.0 Å². The molecule has 0 radical (unpaired) electrons. The Balaban J connectivity index is 0. The summed E-state index contributed by atoms with van der Waals surface area (Å²) in [6, 6.07) is 0. The molecule has 0 aliphatic rings. The van der Waals surface area contributed by atoms with Crippen molar-refractivity contribution in [3.63, 3.8) is 0 Å². The summed E-state index contributed by atoms with van der Waals surface area (Å²) in [6.07, 6.45) is 7.75. The fraction of sp³-hybridized carbons (Fsp3) is 0.857. The van der Waals surface area contributed by atoms with Gasteiger partial charge < -0.3 is 11.0 Å². The van der Waals surface area contributed by atoms with Gasteiger partial charge >= 0.3 is 18.9 Å². The molecule has 0 aliphatic carbocycles. The van der Waals surface area contributed by atoms with Gasteiger partial charge in [-0.2, -0.15) is 0 Å². The first-order chi connectivity index (χ1) is 7.31. The minimum Gasteiger partial charge on any atom is -0.518 e. The molecule has 0 bridgehead atoms. The van der Waals surface area contributed by atoms with Crippen LogP contribution in [-0.4, -0.2) is 14.9 Å². The zero-order valence-electron chi connectivity index (χ0n) is 12.8. The van der Waals surface area contributed by atoms with Crippen molar-refractivity contribution >= 4 is 8.32 Å². The Morgan fingerprint density at radius 3 is 2.06 bits per heavy atom. The third-order valence-corrected chi connectivity index (χ3v) is 8.07. The minimum absolute atomic E-state index is 0. The van der Waals surface area contributed by atoms with Crippen molar-refractivity contribution in [2.45, 2.75) is 71.0 Å². The van der Waals surface area contributed by atoms with Crippen molar-refractivity contribution in [3.8, 4) is 0 Å². The molecule has 0 aromatic heterocycles. The molecule has 0 saturated heterocycles. The van der Waals surface area contributed by atoms with Crippen molar-refractivity contribution in [2.75, 3.05) is 6.61 Å². The van der Waals surface area contributed by atoms with Gasteiger partial charge in [0.05, 0.1) is 0 Å².